The second kappa shape index (κ2) is 11.5. The number of esters is 1. The van der Waals surface area contributed by atoms with Crippen molar-refractivity contribution >= 4 is 11.9 Å². The van der Waals surface area contributed by atoms with Gasteiger partial charge >= 0.3 is 5.97 Å². The van der Waals surface area contributed by atoms with Crippen molar-refractivity contribution in [1.29, 1.82) is 0 Å². The molecule has 4 aromatic rings. The van der Waals surface area contributed by atoms with Crippen LogP contribution in [0.25, 0.3) is 16.8 Å². The van der Waals surface area contributed by atoms with Gasteiger partial charge in [0.15, 0.2) is 0 Å². The van der Waals surface area contributed by atoms with Gasteiger partial charge in [-0.1, -0.05) is 36.8 Å². The first-order chi connectivity index (χ1) is 20.4. The SMILES string of the molecule is CCC[C@@H]1CCCCN1C(=O)c1cccc(-c2cc(C)cc(-n3ncc(C(=O)OC)c3[C@@H]3C[C@H]3c3cn(C)nn3)c2)c1. The number of likely N-dealkylation sites (tertiary alicyclic amines) is 1. The molecular weight excluding hydrogens is 528 g/mol. The Balaban J connectivity index is 1.35. The van der Waals surface area contributed by atoms with Crippen molar-refractivity contribution in [2.45, 2.75) is 70.3 Å². The van der Waals surface area contributed by atoms with Crippen LogP contribution in [0, 0.1) is 6.92 Å². The van der Waals surface area contributed by atoms with Crippen LogP contribution in [-0.2, 0) is 11.8 Å². The Morgan fingerprint density at radius 2 is 1.93 bits per heavy atom. The number of methoxy groups -OCH3 is 1. The van der Waals surface area contributed by atoms with Crippen molar-refractivity contribution in [3.63, 3.8) is 0 Å². The molecule has 1 saturated carbocycles. The number of amides is 1. The zero-order valence-corrected chi connectivity index (χ0v) is 24.8. The molecule has 1 amide bonds. The minimum absolute atomic E-state index is 0.0730. The summed E-state index contributed by atoms with van der Waals surface area (Å²) >= 11 is 0. The molecule has 6 rings (SSSR count). The maximum Gasteiger partial charge on any atom is 0.341 e. The van der Waals surface area contributed by atoms with Crippen LogP contribution >= 0.6 is 0 Å². The van der Waals surface area contributed by atoms with Crippen molar-refractivity contribution in [1.82, 2.24) is 29.7 Å². The number of aromatic nitrogens is 5. The third-order valence-corrected chi connectivity index (χ3v) is 8.61. The third kappa shape index (κ3) is 5.35. The first kappa shape index (κ1) is 27.9. The van der Waals surface area contributed by atoms with E-state index in [1.165, 1.54) is 13.5 Å². The van der Waals surface area contributed by atoms with Crippen LogP contribution < -0.4 is 0 Å². The molecule has 2 aromatic heterocycles. The number of hydrogen-bond donors (Lipinski definition) is 0. The number of benzene rings is 2. The fourth-order valence-corrected chi connectivity index (χ4v) is 6.50. The quantitative estimate of drug-likeness (QED) is 0.249. The van der Waals surface area contributed by atoms with Gasteiger partial charge in [-0.25, -0.2) is 9.48 Å². The summed E-state index contributed by atoms with van der Waals surface area (Å²) < 4.78 is 8.68. The van der Waals surface area contributed by atoms with Crippen LogP contribution in [0.3, 0.4) is 0 Å². The molecule has 9 nitrogen and oxygen atoms in total. The topological polar surface area (TPSA) is 95.1 Å². The average Bonchev–Trinajstić information content (AvgIpc) is 3.45. The Kier molecular flexibility index (Phi) is 7.66. The van der Waals surface area contributed by atoms with Gasteiger partial charge in [0.25, 0.3) is 5.91 Å². The summed E-state index contributed by atoms with van der Waals surface area (Å²) in [5.74, 6) is -0.0531. The molecule has 2 aromatic carbocycles. The van der Waals surface area contributed by atoms with E-state index < -0.39 is 5.97 Å². The van der Waals surface area contributed by atoms with Crippen LogP contribution in [0.2, 0.25) is 0 Å². The fourth-order valence-electron chi connectivity index (χ4n) is 6.50. The minimum atomic E-state index is -0.403. The number of carbonyl (C=O) groups excluding carboxylic acids is 2. The highest BCUT2D eigenvalue weighted by Gasteiger charge is 2.46. The molecule has 0 N–H and O–H groups in total. The van der Waals surface area contributed by atoms with Crippen LogP contribution in [0.5, 0.6) is 0 Å². The van der Waals surface area contributed by atoms with Gasteiger partial charge in [0.2, 0.25) is 0 Å². The van der Waals surface area contributed by atoms with Gasteiger partial charge in [-0.3, -0.25) is 9.48 Å². The van der Waals surface area contributed by atoms with E-state index in [0.29, 0.717) is 11.6 Å². The molecule has 1 aliphatic carbocycles. The lowest BCUT2D eigenvalue weighted by Gasteiger charge is -2.36. The lowest BCUT2D eigenvalue weighted by Crippen LogP contribution is -2.43. The van der Waals surface area contributed by atoms with Gasteiger partial charge in [0.1, 0.15) is 5.56 Å². The molecule has 0 bridgehead atoms. The van der Waals surface area contributed by atoms with Crippen molar-refractivity contribution < 1.29 is 14.3 Å². The van der Waals surface area contributed by atoms with Crippen molar-refractivity contribution in [2.75, 3.05) is 13.7 Å². The highest BCUT2D eigenvalue weighted by atomic mass is 16.5. The summed E-state index contributed by atoms with van der Waals surface area (Å²) in [5.41, 5.74) is 6.80. The molecule has 1 aliphatic heterocycles. The molecule has 0 radical (unpaired) electrons. The summed E-state index contributed by atoms with van der Waals surface area (Å²) in [7, 11) is 3.24. The van der Waals surface area contributed by atoms with E-state index in [9.17, 15) is 9.59 Å². The van der Waals surface area contributed by atoms with Crippen molar-refractivity contribution in [3.05, 3.63) is 82.9 Å². The van der Waals surface area contributed by atoms with Gasteiger partial charge in [0, 0.05) is 43.2 Å². The van der Waals surface area contributed by atoms with E-state index in [1.54, 1.807) is 10.9 Å². The minimum Gasteiger partial charge on any atom is -0.465 e. The van der Waals surface area contributed by atoms with E-state index >= 15 is 0 Å². The zero-order valence-electron chi connectivity index (χ0n) is 24.8. The molecule has 0 spiro atoms. The summed E-state index contributed by atoms with van der Waals surface area (Å²) in [5, 5.41) is 13.1. The molecule has 42 heavy (non-hydrogen) atoms. The number of nitrogens with zero attached hydrogens (tertiary/aromatic N) is 6. The van der Waals surface area contributed by atoms with Crippen LogP contribution in [0.4, 0.5) is 0 Å². The summed E-state index contributed by atoms with van der Waals surface area (Å²) in [4.78, 5) is 28.5. The number of aryl methyl sites for hydroxylation is 2. The van der Waals surface area contributed by atoms with E-state index in [0.717, 1.165) is 78.0 Å². The first-order valence-electron chi connectivity index (χ1n) is 14.9. The highest BCUT2D eigenvalue weighted by Crippen LogP contribution is 2.55. The second-order valence-electron chi connectivity index (χ2n) is 11.7. The van der Waals surface area contributed by atoms with Gasteiger partial charge in [-0.15, -0.1) is 5.10 Å². The third-order valence-electron chi connectivity index (χ3n) is 8.61. The fraction of sp³-hybridized carbons (Fsp3) is 0.424. The predicted molar refractivity (Wildman–Crippen MR) is 160 cm³/mol. The first-order valence-corrected chi connectivity index (χ1v) is 14.9. The maximum atomic E-state index is 13.7. The Morgan fingerprint density at radius 3 is 2.69 bits per heavy atom. The van der Waals surface area contributed by atoms with Gasteiger partial charge in [0.05, 0.1) is 30.4 Å². The number of carbonyl (C=O) groups is 2. The molecule has 3 atom stereocenters. The van der Waals surface area contributed by atoms with Gasteiger partial charge < -0.3 is 9.64 Å². The summed E-state index contributed by atoms with van der Waals surface area (Å²) in [6.45, 7) is 5.06. The van der Waals surface area contributed by atoms with E-state index in [4.69, 9.17) is 4.74 Å². The summed E-state index contributed by atoms with van der Waals surface area (Å²) in [6.07, 6.45) is 9.83. The van der Waals surface area contributed by atoms with E-state index in [2.05, 4.69) is 52.4 Å². The number of piperidine rings is 1. The van der Waals surface area contributed by atoms with Crippen molar-refractivity contribution in [2.24, 2.45) is 7.05 Å². The largest absolute Gasteiger partial charge is 0.465 e. The van der Waals surface area contributed by atoms with E-state index in [-0.39, 0.29) is 17.7 Å². The van der Waals surface area contributed by atoms with Gasteiger partial charge in [-0.2, -0.15) is 5.10 Å². The predicted octanol–water partition coefficient (Wildman–Crippen LogP) is 5.83. The molecule has 0 unspecified atom stereocenters. The molecule has 3 heterocycles. The number of ether oxygens (including phenoxy) is 1. The molecule has 218 valence electrons. The van der Waals surface area contributed by atoms with E-state index in [1.807, 2.05) is 42.2 Å². The average molecular weight is 567 g/mol. The molecule has 1 saturated heterocycles. The standard InChI is InChI=1S/C33H38N6O3/c1-5-9-25-12-6-7-13-38(25)32(40)23-11-8-10-22(16-23)24-14-21(2)15-26(17-24)39-31(29(19-34-39)33(41)42-4)28-18-27(28)30-20-37(3)36-35-30/h8,10-11,14-17,19-20,25,27-28H,5-7,9,12-13,18H2,1-4H3/t25-,27-,28-/m1/s1. The molecule has 9 heteroatoms. The maximum absolute atomic E-state index is 13.7. The van der Waals surface area contributed by atoms with Crippen LogP contribution in [0.15, 0.2) is 54.9 Å². The number of hydrogen-bond acceptors (Lipinski definition) is 6. The highest BCUT2D eigenvalue weighted by molar-refractivity contribution is 5.96. The van der Waals surface area contributed by atoms with Crippen molar-refractivity contribution in [3.8, 4) is 16.8 Å². The monoisotopic (exact) mass is 566 g/mol. The van der Waals surface area contributed by atoms with Crippen LogP contribution in [-0.4, -0.2) is 61.2 Å². The smallest absolute Gasteiger partial charge is 0.341 e. The second-order valence-corrected chi connectivity index (χ2v) is 11.7. The Hall–Kier alpha value is -4.27. The molecular formula is C33H38N6O3. The zero-order chi connectivity index (χ0) is 29.4. The Bertz CT molecular complexity index is 1620. The van der Waals surface area contributed by atoms with Gasteiger partial charge in [-0.05, 0) is 80.0 Å². The lowest BCUT2D eigenvalue weighted by molar-refractivity contribution is 0.0592. The lowest BCUT2D eigenvalue weighted by atomic mass is 9.96. The molecule has 2 aliphatic rings. The number of rotatable bonds is 8. The Morgan fingerprint density at radius 1 is 1.07 bits per heavy atom. The Labute approximate surface area is 246 Å². The van der Waals surface area contributed by atoms with Crippen LogP contribution in [0.1, 0.15) is 95.0 Å². The molecule has 2 fully saturated rings. The summed E-state index contributed by atoms with van der Waals surface area (Å²) in [6, 6.07) is 14.5. The normalized spacial score (nSPS) is 20.0.